The fourth-order valence-electron chi connectivity index (χ4n) is 4.66. The molecule has 3 aromatic carbocycles. The molecule has 180 valence electrons. The molecule has 0 unspecified atom stereocenters. The Morgan fingerprint density at radius 2 is 1.61 bits per heavy atom. The average molecular weight is 685 g/mol. The van der Waals surface area contributed by atoms with E-state index in [1.165, 1.54) is 10.9 Å². The van der Waals surface area contributed by atoms with E-state index in [4.69, 9.17) is 17.6 Å². The van der Waals surface area contributed by atoms with Crippen molar-refractivity contribution in [3.63, 3.8) is 0 Å². The van der Waals surface area contributed by atoms with Crippen LogP contribution in [-0.2, 0) is 39.1 Å². The number of rotatable bonds is 3. The first kappa shape index (κ1) is 24.9. The van der Waals surface area contributed by atoms with Crippen LogP contribution in [0.1, 0.15) is 26.3 Å². The van der Waals surface area contributed by atoms with Gasteiger partial charge in [0.15, 0.2) is 0 Å². The maximum Gasteiger partial charge on any atom is 2.00 e. The van der Waals surface area contributed by atoms with Crippen LogP contribution in [0.5, 0.6) is 0 Å². The molecule has 6 rings (SSSR count). The zero-order valence-corrected chi connectivity index (χ0v) is 24.0. The summed E-state index contributed by atoms with van der Waals surface area (Å²) < 4.78 is 2.18. The van der Waals surface area contributed by atoms with Gasteiger partial charge in [-0.3, -0.25) is 0 Å². The summed E-state index contributed by atoms with van der Waals surface area (Å²) in [5.74, 6) is 0.881. The summed E-state index contributed by atoms with van der Waals surface area (Å²) in [5, 5.41) is 4.38. The molecule has 0 N–H and O–H groups in total. The van der Waals surface area contributed by atoms with Gasteiger partial charge in [0.2, 0.25) is 0 Å². The molecule has 0 saturated heterocycles. The normalized spacial score (nSPS) is 11.8. The van der Waals surface area contributed by atoms with Crippen molar-refractivity contribution in [2.45, 2.75) is 41.0 Å². The fourth-order valence-corrected chi connectivity index (χ4v) is 5.66. The van der Waals surface area contributed by atoms with E-state index in [-0.39, 0.29) is 26.5 Å². The van der Waals surface area contributed by atoms with Gasteiger partial charge in [-0.25, -0.2) is 9.97 Å². The van der Waals surface area contributed by atoms with Crippen LogP contribution in [0.2, 0.25) is 0 Å². The summed E-state index contributed by atoms with van der Waals surface area (Å²) in [6.07, 6.45) is 1.83. The van der Waals surface area contributed by atoms with E-state index in [2.05, 4.69) is 91.0 Å². The quantitative estimate of drug-likeness (QED) is 0.140. The summed E-state index contributed by atoms with van der Waals surface area (Å²) in [6, 6.07) is 30.7. The summed E-state index contributed by atoms with van der Waals surface area (Å²) in [7, 11) is 0. The minimum Gasteiger partial charge on any atom is -0.778 e. The molecule has 6 aromatic rings. The predicted octanol–water partition coefficient (Wildman–Crippen LogP) is 7.88. The predicted molar refractivity (Wildman–Crippen MR) is 148 cm³/mol. The number of fused-ring (bicyclic) bond motifs is 4. The largest absolute Gasteiger partial charge is 2.00 e. The number of benzene rings is 3. The van der Waals surface area contributed by atoms with Gasteiger partial charge < -0.3 is 17.2 Å². The molecule has 3 aromatic heterocycles. The molecule has 0 bridgehead atoms. The van der Waals surface area contributed by atoms with Gasteiger partial charge >= 0.3 is 21.1 Å². The van der Waals surface area contributed by atoms with Crippen LogP contribution < -0.4 is 0 Å². The molecule has 0 amide bonds. The molecular weight excluding hydrogens is 662 g/mol. The van der Waals surface area contributed by atoms with Crippen molar-refractivity contribution in [1.29, 1.82) is 0 Å². The van der Waals surface area contributed by atoms with E-state index in [1.54, 1.807) is 11.8 Å². The Bertz CT molecular complexity index is 1720. The Morgan fingerprint density at radius 3 is 2.39 bits per heavy atom. The third-order valence-electron chi connectivity index (χ3n) is 6.25. The molecule has 0 aliphatic rings. The Morgan fingerprint density at radius 1 is 0.833 bits per heavy atom. The second-order valence-electron chi connectivity index (χ2n) is 9.63. The number of aromatic nitrogens is 3. The molecule has 0 atom stereocenters. The molecule has 0 fully saturated rings. The number of para-hydroxylation sites is 1. The molecule has 0 aliphatic carbocycles. The van der Waals surface area contributed by atoms with E-state index in [1.807, 2.05) is 30.5 Å². The number of nitrogens with zero attached hydrogens (tertiary/aromatic N) is 3. The Hall–Kier alpha value is -2.72. The van der Waals surface area contributed by atoms with E-state index in [0.717, 1.165) is 48.0 Å². The Labute approximate surface area is 235 Å². The molecule has 3 heterocycles. The van der Waals surface area contributed by atoms with Crippen molar-refractivity contribution < 1.29 is 21.1 Å². The minimum atomic E-state index is 0. The summed E-state index contributed by atoms with van der Waals surface area (Å²) in [5.41, 5.74) is 4.30. The molecule has 3 nitrogen and oxygen atoms in total. The van der Waals surface area contributed by atoms with Gasteiger partial charge in [0, 0.05) is 17.1 Å². The van der Waals surface area contributed by atoms with Gasteiger partial charge in [-0.05, 0) is 46.7 Å². The smallest absolute Gasteiger partial charge is 0.778 e. The van der Waals surface area contributed by atoms with Crippen LogP contribution in [0, 0.1) is 6.07 Å². The van der Waals surface area contributed by atoms with Crippen LogP contribution in [0.3, 0.4) is 0 Å². The van der Waals surface area contributed by atoms with E-state index in [0.29, 0.717) is 0 Å². The SMILES string of the molecule is CC(C)(C)c1ccc([S-])c2nc(Sc3[c-]c4c(cc3)c3ccccc3n4-c3ccccn3)ccc12.[Pt+2]. The monoisotopic (exact) mass is 684 g/mol. The standard InChI is InChI=1S/C30H24N3S2.Pt/c1-30(2,3)23-14-15-26(34)29-22(23)13-16-28(32-29)35-19-11-12-21-20-8-4-5-9-24(20)33(25(21)18-19)27-10-6-7-17-31-27;/h4-17,34H,1-3H3;/q-1;+2/p-1. The maximum absolute atomic E-state index is 5.64. The molecule has 0 radical (unpaired) electrons. The maximum atomic E-state index is 5.64. The molecule has 0 aliphatic heterocycles. The summed E-state index contributed by atoms with van der Waals surface area (Å²) in [6.45, 7) is 6.66. The van der Waals surface area contributed by atoms with E-state index in [9.17, 15) is 0 Å². The Kier molecular flexibility index (Phi) is 6.67. The van der Waals surface area contributed by atoms with Gasteiger partial charge in [-0.1, -0.05) is 79.3 Å². The van der Waals surface area contributed by atoms with Crippen LogP contribution in [-0.4, -0.2) is 14.5 Å². The topological polar surface area (TPSA) is 30.7 Å². The second kappa shape index (κ2) is 9.63. The van der Waals surface area contributed by atoms with Crippen molar-refractivity contribution in [2.75, 3.05) is 0 Å². The first-order chi connectivity index (χ1) is 16.9. The van der Waals surface area contributed by atoms with Crippen molar-refractivity contribution in [1.82, 2.24) is 14.5 Å². The fraction of sp³-hybridized carbons (Fsp3) is 0.133. The zero-order chi connectivity index (χ0) is 24.2. The van der Waals surface area contributed by atoms with Crippen molar-refractivity contribution >= 4 is 57.1 Å². The van der Waals surface area contributed by atoms with Crippen LogP contribution in [0.4, 0.5) is 0 Å². The first-order valence-corrected chi connectivity index (χ1v) is 12.8. The summed E-state index contributed by atoms with van der Waals surface area (Å²) in [4.78, 5) is 11.4. The van der Waals surface area contributed by atoms with Gasteiger partial charge in [0.05, 0.1) is 10.5 Å². The van der Waals surface area contributed by atoms with Gasteiger partial charge in [-0.15, -0.1) is 16.3 Å². The van der Waals surface area contributed by atoms with Gasteiger partial charge in [0.1, 0.15) is 5.82 Å². The van der Waals surface area contributed by atoms with E-state index < -0.39 is 0 Å². The van der Waals surface area contributed by atoms with Crippen LogP contribution in [0.15, 0.2) is 99.9 Å². The number of pyridine rings is 2. The third-order valence-corrected chi connectivity index (χ3v) is 7.48. The summed E-state index contributed by atoms with van der Waals surface area (Å²) >= 11 is 7.25. The molecule has 6 heteroatoms. The van der Waals surface area contributed by atoms with E-state index >= 15 is 0 Å². The Balaban J connectivity index is 0.00000267. The molecular formula is C30H23N3PtS2. The minimum absolute atomic E-state index is 0. The third kappa shape index (κ3) is 4.34. The molecule has 0 spiro atoms. The van der Waals surface area contributed by atoms with Gasteiger partial charge in [0.25, 0.3) is 0 Å². The van der Waals surface area contributed by atoms with Crippen molar-refractivity contribution in [3.8, 4) is 5.82 Å². The van der Waals surface area contributed by atoms with Crippen molar-refractivity contribution in [2.24, 2.45) is 0 Å². The average Bonchev–Trinajstić information content (AvgIpc) is 3.18. The van der Waals surface area contributed by atoms with Crippen LogP contribution in [0.25, 0.3) is 38.5 Å². The zero-order valence-electron chi connectivity index (χ0n) is 20.1. The van der Waals surface area contributed by atoms with Gasteiger partial charge in [-0.2, -0.15) is 12.1 Å². The van der Waals surface area contributed by atoms with Crippen LogP contribution >= 0.6 is 11.8 Å². The second-order valence-corrected chi connectivity index (χ2v) is 11.1. The number of hydrogen-bond donors (Lipinski definition) is 0. The first-order valence-electron chi connectivity index (χ1n) is 11.6. The molecule has 0 saturated carbocycles. The van der Waals surface area contributed by atoms with Crippen molar-refractivity contribution in [3.05, 3.63) is 96.7 Å². The number of hydrogen-bond acceptors (Lipinski definition) is 4. The molecule has 36 heavy (non-hydrogen) atoms.